The van der Waals surface area contributed by atoms with E-state index in [2.05, 4.69) is 24.0 Å². The fourth-order valence-electron chi connectivity index (χ4n) is 3.42. The van der Waals surface area contributed by atoms with Crippen LogP contribution in [0, 0.1) is 0 Å². The van der Waals surface area contributed by atoms with Crippen molar-refractivity contribution in [2.45, 2.75) is 50.4 Å². The van der Waals surface area contributed by atoms with Gasteiger partial charge in [-0.2, -0.15) is 0 Å². The van der Waals surface area contributed by atoms with Crippen molar-refractivity contribution in [2.75, 3.05) is 5.75 Å². The number of aromatic nitrogens is 3. The van der Waals surface area contributed by atoms with Gasteiger partial charge in [0, 0.05) is 24.7 Å². The number of amides is 1. The molecular weight excluding hydrogens is 336 g/mol. The lowest BCUT2D eigenvalue weighted by atomic mass is 9.98. The van der Waals surface area contributed by atoms with E-state index in [4.69, 9.17) is 0 Å². The van der Waals surface area contributed by atoms with Crippen LogP contribution in [0.1, 0.15) is 33.1 Å². The average molecular weight is 360 g/mol. The maximum absolute atomic E-state index is 12.6. The third-order valence-electron chi connectivity index (χ3n) is 4.77. The fourth-order valence-corrected chi connectivity index (χ4v) is 4.20. The van der Waals surface area contributed by atoms with Gasteiger partial charge in [0.2, 0.25) is 5.91 Å². The summed E-state index contributed by atoms with van der Waals surface area (Å²) >= 11 is 1.42. The Balaban J connectivity index is 1.68. The number of carbonyl (C=O) groups is 1. The van der Waals surface area contributed by atoms with Crippen LogP contribution in [0.4, 0.5) is 0 Å². The zero-order chi connectivity index (χ0) is 18.0. The number of thioether (sulfide) groups is 1. The maximum atomic E-state index is 12.6. The molecule has 0 saturated carbocycles. The minimum Gasteiger partial charge on any atom is -0.508 e. The lowest BCUT2D eigenvalue weighted by Crippen LogP contribution is -2.48. The first-order valence-corrected chi connectivity index (χ1v) is 9.58. The number of aromatic hydroxyl groups is 1. The van der Waals surface area contributed by atoms with E-state index in [9.17, 15) is 9.90 Å². The van der Waals surface area contributed by atoms with Crippen LogP contribution < -0.4 is 0 Å². The van der Waals surface area contributed by atoms with Crippen LogP contribution >= 0.6 is 11.8 Å². The molecule has 1 aliphatic rings. The molecule has 0 unspecified atom stereocenters. The van der Waals surface area contributed by atoms with Crippen LogP contribution in [0.25, 0.3) is 11.4 Å². The Bertz CT molecular complexity index is 734. The van der Waals surface area contributed by atoms with Crippen molar-refractivity contribution in [3.05, 3.63) is 24.3 Å². The van der Waals surface area contributed by atoms with E-state index in [1.165, 1.54) is 18.2 Å². The molecule has 1 saturated heterocycles. The zero-order valence-electron chi connectivity index (χ0n) is 14.8. The lowest BCUT2D eigenvalue weighted by Gasteiger charge is -2.39. The van der Waals surface area contributed by atoms with Gasteiger partial charge >= 0.3 is 0 Å². The SMILES string of the molecule is C[C@@H]1CCC[C@@H](C)N1C(=O)CSc1nnc(-c2ccc(O)cc2)n1C. The molecule has 1 aliphatic heterocycles. The molecule has 1 aromatic heterocycles. The highest BCUT2D eigenvalue weighted by molar-refractivity contribution is 7.99. The van der Waals surface area contributed by atoms with Crippen LogP contribution in [0.5, 0.6) is 5.75 Å². The Morgan fingerprint density at radius 1 is 1.20 bits per heavy atom. The van der Waals surface area contributed by atoms with E-state index in [0.717, 1.165) is 24.2 Å². The third-order valence-corrected chi connectivity index (χ3v) is 5.77. The highest BCUT2D eigenvalue weighted by Crippen LogP contribution is 2.27. The molecule has 1 amide bonds. The topological polar surface area (TPSA) is 71.2 Å². The predicted molar refractivity (Wildman–Crippen MR) is 98.4 cm³/mol. The Kier molecular flexibility index (Phi) is 5.32. The number of phenols is 1. The van der Waals surface area contributed by atoms with Gasteiger partial charge in [0.05, 0.1) is 5.75 Å². The average Bonchev–Trinajstić information content (AvgIpc) is 2.94. The summed E-state index contributed by atoms with van der Waals surface area (Å²) in [5.74, 6) is 1.47. The van der Waals surface area contributed by atoms with Gasteiger partial charge in [-0.3, -0.25) is 4.79 Å². The second kappa shape index (κ2) is 7.47. The minimum atomic E-state index is 0.166. The standard InChI is InChI=1S/C18H24N4O2S/c1-12-5-4-6-13(2)22(12)16(24)11-25-18-20-19-17(21(18)3)14-7-9-15(23)10-8-14/h7-10,12-13,23H,4-6,11H2,1-3H3/t12-,13-/m1/s1. The Morgan fingerprint density at radius 3 is 2.48 bits per heavy atom. The fraction of sp³-hybridized carbons (Fsp3) is 0.500. The van der Waals surface area contributed by atoms with Gasteiger partial charge in [-0.15, -0.1) is 10.2 Å². The van der Waals surface area contributed by atoms with Gasteiger partial charge in [-0.1, -0.05) is 11.8 Å². The van der Waals surface area contributed by atoms with Crippen molar-refractivity contribution in [3.63, 3.8) is 0 Å². The second-order valence-corrected chi connectivity index (χ2v) is 7.57. The molecule has 6 nitrogen and oxygen atoms in total. The smallest absolute Gasteiger partial charge is 0.233 e. The summed E-state index contributed by atoms with van der Waals surface area (Å²) in [7, 11) is 1.89. The van der Waals surface area contributed by atoms with Gasteiger partial charge in [0.15, 0.2) is 11.0 Å². The molecular formula is C18H24N4O2S. The van der Waals surface area contributed by atoms with Crippen LogP contribution in [-0.2, 0) is 11.8 Å². The maximum Gasteiger partial charge on any atom is 0.233 e. The molecule has 25 heavy (non-hydrogen) atoms. The van der Waals surface area contributed by atoms with Crippen molar-refractivity contribution in [2.24, 2.45) is 7.05 Å². The van der Waals surface area contributed by atoms with Crippen molar-refractivity contribution >= 4 is 17.7 Å². The molecule has 1 fully saturated rings. The first kappa shape index (κ1) is 17.8. The van der Waals surface area contributed by atoms with E-state index < -0.39 is 0 Å². The van der Waals surface area contributed by atoms with Crippen LogP contribution in [0.2, 0.25) is 0 Å². The van der Waals surface area contributed by atoms with E-state index in [1.54, 1.807) is 24.3 Å². The largest absolute Gasteiger partial charge is 0.508 e. The number of hydrogen-bond acceptors (Lipinski definition) is 5. The molecule has 2 atom stereocenters. The van der Waals surface area contributed by atoms with Crippen molar-refractivity contribution in [1.29, 1.82) is 0 Å². The number of phenolic OH excluding ortho intramolecular Hbond substituents is 1. The molecule has 2 heterocycles. The molecule has 0 bridgehead atoms. The van der Waals surface area contributed by atoms with E-state index in [-0.39, 0.29) is 11.7 Å². The molecule has 3 rings (SSSR count). The summed E-state index contributed by atoms with van der Waals surface area (Å²) in [6, 6.07) is 7.47. The van der Waals surface area contributed by atoms with Crippen molar-refractivity contribution in [1.82, 2.24) is 19.7 Å². The number of benzene rings is 1. The third kappa shape index (κ3) is 3.81. The Labute approximate surface area is 152 Å². The van der Waals surface area contributed by atoms with Crippen LogP contribution in [0.15, 0.2) is 29.4 Å². The zero-order valence-corrected chi connectivity index (χ0v) is 15.7. The van der Waals surface area contributed by atoms with E-state index >= 15 is 0 Å². The quantitative estimate of drug-likeness (QED) is 0.849. The number of carbonyl (C=O) groups excluding carboxylic acids is 1. The number of likely N-dealkylation sites (tertiary alicyclic amines) is 1. The lowest BCUT2D eigenvalue weighted by molar-refractivity contribution is -0.134. The summed E-state index contributed by atoms with van der Waals surface area (Å²) < 4.78 is 1.88. The number of piperidine rings is 1. The molecule has 0 spiro atoms. The monoisotopic (exact) mass is 360 g/mol. The first-order valence-electron chi connectivity index (χ1n) is 8.60. The van der Waals surface area contributed by atoms with Gasteiger partial charge in [0.1, 0.15) is 5.75 Å². The van der Waals surface area contributed by atoms with Gasteiger partial charge in [-0.25, -0.2) is 0 Å². The summed E-state index contributed by atoms with van der Waals surface area (Å²) in [4.78, 5) is 14.7. The molecule has 1 N–H and O–H groups in total. The molecule has 7 heteroatoms. The summed E-state index contributed by atoms with van der Waals surface area (Å²) in [6.07, 6.45) is 3.35. The Hall–Kier alpha value is -2.02. The number of hydrogen-bond donors (Lipinski definition) is 1. The molecule has 0 aliphatic carbocycles. The predicted octanol–water partition coefficient (Wildman–Crippen LogP) is 3.07. The van der Waals surface area contributed by atoms with E-state index in [1.807, 2.05) is 16.5 Å². The van der Waals surface area contributed by atoms with Crippen LogP contribution in [0.3, 0.4) is 0 Å². The van der Waals surface area contributed by atoms with E-state index in [0.29, 0.717) is 23.0 Å². The first-order chi connectivity index (χ1) is 12.0. The molecule has 134 valence electrons. The summed E-state index contributed by atoms with van der Waals surface area (Å²) in [5.41, 5.74) is 0.879. The highest BCUT2D eigenvalue weighted by atomic mass is 32.2. The second-order valence-electron chi connectivity index (χ2n) is 6.63. The number of nitrogens with zero attached hydrogens (tertiary/aromatic N) is 4. The van der Waals surface area contributed by atoms with Gasteiger partial charge in [0.25, 0.3) is 0 Å². The van der Waals surface area contributed by atoms with Crippen molar-refractivity contribution < 1.29 is 9.90 Å². The van der Waals surface area contributed by atoms with Gasteiger partial charge in [-0.05, 0) is 57.4 Å². The van der Waals surface area contributed by atoms with Crippen molar-refractivity contribution in [3.8, 4) is 17.1 Å². The number of rotatable bonds is 4. The minimum absolute atomic E-state index is 0.166. The highest BCUT2D eigenvalue weighted by Gasteiger charge is 2.29. The van der Waals surface area contributed by atoms with Gasteiger partial charge < -0.3 is 14.6 Å². The molecule has 1 aromatic carbocycles. The van der Waals surface area contributed by atoms with Crippen LogP contribution in [-0.4, -0.2) is 48.5 Å². The normalized spacial score (nSPS) is 20.7. The summed E-state index contributed by atoms with van der Waals surface area (Å²) in [6.45, 7) is 4.26. The Morgan fingerprint density at radius 2 is 1.84 bits per heavy atom. The molecule has 0 radical (unpaired) electrons. The summed E-state index contributed by atoms with van der Waals surface area (Å²) in [5, 5.41) is 18.6. The molecule has 2 aromatic rings.